The van der Waals surface area contributed by atoms with Crippen molar-refractivity contribution in [3.05, 3.63) is 78.4 Å². The highest BCUT2D eigenvalue weighted by molar-refractivity contribution is 6.02. The molecule has 0 bridgehead atoms. The summed E-state index contributed by atoms with van der Waals surface area (Å²) in [6.07, 6.45) is 0. The molecule has 0 saturated heterocycles. The second kappa shape index (κ2) is 9.28. The summed E-state index contributed by atoms with van der Waals surface area (Å²) < 4.78 is 15.8. The number of halogens is 1. The van der Waals surface area contributed by atoms with Gasteiger partial charge in [0.2, 0.25) is 0 Å². The summed E-state index contributed by atoms with van der Waals surface area (Å²) in [5, 5.41) is 8.47. The second-order valence-corrected chi connectivity index (χ2v) is 6.29. The van der Waals surface area contributed by atoms with E-state index in [1.165, 1.54) is 0 Å². The van der Waals surface area contributed by atoms with Crippen LogP contribution in [0.1, 0.15) is 5.56 Å². The molecule has 30 heavy (non-hydrogen) atoms. The molecule has 3 aromatic carbocycles. The van der Waals surface area contributed by atoms with Crippen LogP contribution in [-0.4, -0.2) is 27.2 Å². The van der Waals surface area contributed by atoms with Crippen molar-refractivity contribution in [1.82, 2.24) is 5.43 Å². The van der Waals surface area contributed by atoms with E-state index in [0.29, 0.717) is 0 Å². The molecule has 4 rings (SSSR count). The largest absolute Gasteiger partial charge is 0.497 e. The summed E-state index contributed by atoms with van der Waals surface area (Å²) in [4.78, 5) is 0. The highest BCUT2D eigenvalue weighted by atomic mass is 35.5. The van der Waals surface area contributed by atoms with E-state index in [1.807, 2.05) is 77.9 Å². The number of rotatable bonds is 6. The zero-order valence-corrected chi connectivity index (χ0v) is 17.7. The Balaban J connectivity index is 0.00000256. The minimum Gasteiger partial charge on any atom is -0.497 e. The molecule has 0 atom stereocenters. The fourth-order valence-electron chi connectivity index (χ4n) is 2.97. The lowest BCUT2D eigenvalue weighted by atomic mass is 10.2. The Morgan fingerprint density at radius 2 is 1.07 bits per heavy atom. The van der Waals surface area contributed by atoms with Crippen LogP contribution in [0.15, 0.2) is 77.9 Å². The van der Waals surface area contributed by atoms with Gasteiger partial charge in [0.25, 0.3) is 0 Å². The van der Waals surface area contributed by atoms with Crippen LogP contribution in [0.3, 0.4) is 0 Å². The zero-order valence-electron chi connectivity index (χ0n) is 16.9. The first kappa shape index (κ1) is 21.1. The first-order valence-corrected chi connectivity index (χ1v) is 9.10. The molecule has 0 aromatic heterocycles. The molecule has 1 N–H and O–H groups in total. The molecule has 1 aliphatic heterocycles. The first-order valence-electron chi connectivity index (χ1n) is 9.10. The Hall–Kier alpha value is -3.58. The summed E-state index contributed by atoms with van der Waals surface area (Å²) in [5.74, 6) is 3.10. The number of hydrazone groups is 1. The standard InChI is InChI=1S/C22H22N4O3.ClH/c1-27-19-10-4-16(5-11-19)22-23-25(17-6-12-20(28-2)13-7-17)26(24-22)18-8-14-21(29-3)15-9-18;/h4-15H,1-3H3,(H,23,24);1H. The Morgan fingerprint density at radius 3 is 1.53 bits per heavy atom. The number of amidine groups is 1. The van der Waals surface area contributed by atoms with E-state index in [2.05, 4.69) is 5.43 Å². The summed E-state index contributed by atoms with van der Waals surface area (Å²) >= 11 is 0. The second-order valence-electron chi connectivity index (χ2n) is 6.29. The molecule has 8 heteroatoms. The van der Waals surface area contributed by atoms with Gasteiger partial charge in [0.15, 0.2) is 5.84 Å². The normalized spacial score (nSPS) is 12.6. The van der Waals surface area contributed by atoms with Crippen LogP contribution in [-0.2, 0) is 0 Å². The average molecular weight is 427 g/mol. The van der Waals surface area contributed by atoms with Crippen LogP contribution in [0.5, 0.6) is 17.2 Å². The number of anilines is 2. The number of methoxy groups -OCH3 is 3. The van der Waals surface area contributed by atoms with Gasteiger partial charge in [-0.2, -0.15) is 10.2 Å². The SMILES string of the molecule is COc1ccc(C2=NN(c3ccc(OC)cc3)N(c3ccc(OC)cc3)N2)cc1.Cl. The Morgan fingerprint density at radius 1 is 0.633 bits per heavy atom. The monoisotopic (exact) mass is 426 g/mol. The Labute approximate surface area is 181 Å². The van der Waals surface area contributed by atoms with E-state index in [1.54, 1.807) is 26.4 Å². The Bertz CT molecular complexity index is 992. The Kier molecular flexibility index (Phi) is 6.54. The van der Waals surface area contributed by atoms with Crippen molar-refractivity contribution in [2.24, 2.45) is 5.10 Å². The molecule has 3 aromatic rings. The molecule has 0 aliphatic carbocycles. The van der Waals surface area contributed by atoms with Crippen molar-refractivity contribution in [1.29, 1.82) is 0 Å². The first-order chi connectivity index (χ1) is 14.2. The van der Waals surface area contributed by atoms with Gasteiger partial charge in [-0.3, -0.25) is 5.43 Å². The minimum absolute atomic E-state index is 0. The molecule has 0 unspecified atom stereocenters. The number of ether oxygens (including phenoxy) is 3. The van der Waals surface area contributed by atoms with Crippen molar-refractivity contribution in [3.8, 4) is 17.2 Å². The molecule has 0 amide bonds. The minimum atomic E-state index is 0. The lowest BCUT2D eigenvalue weighted by molar-refractivity contribution is 0.414. The summed E-state index contributed by atoms with van der Waals surface area (Å²) in [6, 6.07) is 23.2. The average Bonchev–Trinajstić information content (AvgIpc) is 3.24. The van der Waals surface area contributed by atoms with E-state index in [4.69, 9.17) is 19.3 Å². The molecular formula is C22H23ClN4O3. The van der Waals surface area contributed by atoms with E-state index < -0.39 is 0 Å². The smallest absolute Gasteiger partial charge is 0.176 e. The number of hydrogen-bond acceptors (Lipinski definition) is 7. The molecule has 0 radical (unpaired) electrons. The molecule has 0 fully saturated rings. The lowest BCUT2D eigenvalue weighted by Crippen LogP contribution is -2.44. The van der Waals surface area contributed by atoms with Crippen LogP contribution >= 0.6 is 12.4 Å². The maximum Gasteiger partial charge on any atom is 0.176 e. The topological polar surface area (TPSA) is 58.6 Å². The predicted molar refractivity (Wildman–Crippen MR) is 121 cm³/mol. The van der Waals surface area contributed by atoms with Gasteiger partial charge in [-0.25, -0.2) is 0 Å². The van der Waals surface area contributed by atoms with Gasteiger partial charge in [0, 0.05) is 5.56 Å². The third kappa shape index (κ3) is 4.21. The van der Waals surface area contributed by atoms with E-state index >= 15 is 0 Å². The third-order valence-corrected chi connectivity index (χ3v) is 4.58. The lowest BCUT2D eigenvalue weighted by Gasteiger charge is -2.28. The molecule has 1 heterocycles. The van der Waals surface area contributed by atoms with Gasteiger partial charge in [0.05, 0.1) is 32.7 Å². The van der Waals surface area contributed by atoms with Crippen LogP contribution < -0.4 is 29.9 Å². The van der Waals surface area contributed by atoms with Crippen LogP contribution in [0.4, 0.5) is 11.4 Å². The maximum atomic E-state index is 5.27. The third-order valence-electron chi connectivity index (χ3n) is 4.58. The number of nitrogens with zero attached hydrogens (tertiary/aromatic N) is 3. The van der Waals surface area contributed by atoms with Gasteiger partial charge >= 0.3 is 0 Å². The van der Waals surface area contributed by atoms with Gasteiger partial charge in [-0.1, -0.05) is 0 Å². The van der Waals surface area contributed by atoms with E-state index in [9.17, 15) is 0 Å². The highest BCUT2D eigenvalue weighted by Crippen LogP contribution is 2.28. The van der Waals surface area contributed by atoms with Gasteiger partial charge < -0.3 is 14.2 Å². The van der Waals surface area contributed by atoms with Crippen LogP contribution in [0.2, 0.25) is 0 Å². The fourth-order valence-corrected chi connectivity index (χ4v) is 2.97. The van der Waals surface area contributed by atoms with Crippen molar-refractivity contribution in [2.75, 3.05) is 31.6 Å². The van der Waals surface area contributed by atoms with Gasteiger partial charge in [0.1, 0.15) is 17.2 Å². The molecule has 7 nitrogen and oxygen atoms in total. The summed E-state index contributed by atoms with van der Waals surface area (Å²) in [7, 11) is 4.95. The molecule has 0 saturated carbocycles. The predicted octanol–water partition coefficient (Wildman–Crippen LogP) is 4.24. The summed E-state index contributed by atoms with van der Waals surface area (Å²) in [6.45, 7) is 0. The number of nitrogens with one attached hydrogen (secondary N) is 1. The van der Waals surface area contributed by atoms with E-state index in [-0.39, 0.29) is 12.4 Å². The van der Waals surface area contributed by atoms with Gasteiger partial charge in [-0.05, 0) is 72.8 Å². The molecule has 1 aliphatic rings. The summed E-state index contributed by atoms with van der Waals surface area (Å²) in [5.41, 5.74) is 6.11. The van der Waals surface area contributed by atoms with Crippen molar-refractivity contribution in [3.63, 3.8) is 0 Å². The van der Waals surface area contributed by atoms with Crippen molar-refractivity contribution >= 4 is 29.6 Å². The number of hydrazine groups is 2. The molecule has 156 valence electrons. The van der Waals surface area contributed by atoms with Crippen molar-refractivity contribution in [2.45, 2.75) is 0 Å². The van der Waals surface area contributed by atoms with Crippen LogP contribution in [0.25, 0.3) is 0 Å². The maximum absolute atomic E-state index is 5.27. The quantitative estimate of drug-likeness (QED) is 0.636. The highest BCUT2D eigenvalue weighted by Gasteiger charge is 2.26. The zero-order chi connectivity index (χ0) is 20.2. The molecular weight excluding hydrogens is 404 g/mol. The number of benzene rings is 3. The van der Waals surface area contributed by atoms with Crippen molar-refractivity contribution < 1.29 is 14.2 Å². The number of hydrogen-bond donors (Lipinski definition) is 1. The van der Waals surface area contributed by atoms with Crippen LogP contribution in [0, 0.1) is 0 Å². The fraction of sp³-hybridized carbons (Fsp3) is 0.136. The van der Waals surface area contributed by atoms with Gasteiger partial charge in [-0.15, -0.1) is 17.5 Å². The molecule has 0 spiro atoms. The van der Waals surface area contributed by atoms with E-state index in [0.717, 1.165) is 40.0 Å².